The number of nitrogens with zero attached hydrogens (tertiary/aromatic N) is 1. The van der Waals surface area contributed by atoms with Crippen molar-refractivity contribution in [2.75, 3.05) is 6.54 Å². The minimum Gasteiger partial charge on any atom is -0.465 e. The van der Waals surface area contributed by atoms with Crippen LogP contribution in [-0.4, -0.2) is 52.2 Å². The molecule has 30 heavy (non-hydrogen) atoms. The summed E-state index contributed by atoms with van der Waals surface area (Å²) in [5.41, 5.74) is 1.23. The number of carbonyl (C=O) groups is 3. The van der Waals surface area contributed by atoms with Crippen molar-refractivity contribution in [3.05, 3.63) is 35.4 Å². The Morgan fingerprint density at radius 2 is 1.67 bits per heavy atom. The van der Waals surface area contributed by atoms with Gasteiger partial charge in [-0.25, -0.2) is 9.59 Å². The van der Waals surface area contributed by atoms with E-state index < -0.39 is 17.7 Å². The Morgan fingerprint density at radius 1 is 1.03 bits per heavy atom. The predicted molar refractivity (Wildman–Crippen MR) is 113 cm³/mol. The third-order valence-corrected chi connectivity index (χ3v) is 5.89. The number of hydrogen-bond acceptors (Lipinski definition) is 4. The number of carboxylic acid groups (broad SMARTS) is 1. The van der Waals surface area contributed by atoms with Gasteiger partial charge >= 0.3 is 12.1 Å². The molecule has 1 heterocycles. The van der Waals surface area contributed by atoms with Crippen LogP contribution < -0.4 is 5.32 Å². The Labute approximate surface area is 177 Å². The molecule has 2 N–H and O–H groups in total. The first kappa shape index (κ1) is 22.1. The fraction of sp³-hybridized carbons (Fsp3) is 0.609. The van der Waals surface area contributed by atoms with E-state index in [1.165, 1.54) is 10.5 Å². The van der Waals surface area contributed by atoms with Gasteiger partial charge in [0.15, 0.2) is 0 Å². The van der Waals surface area contributed by atoms with Gasteiger partial charge in [0.05, 0.1) is 5.56 Å². The highest BCUT2D eigenvalue weighted by atomic mass is 16.6. The molecule has 1 unspecified atom stereocenters. The van der Waals surface area contributed by atoms with Gasteiger partial charge in [0.2, 0.25) is 5.91 Å². The number of rotatable bonds is 4. The quantitative estimate of drug-likeness (QED) is 0.725. The van der Waals surface area contributed by atoms with E-state index in [-0.39, 0.29) is 17.9 Å². The fourth-order valence-electron chi connectivity index (χ4n) is 4.37. The summed E-state index contributed by atoms with van der Waals surface area (Å²) >= 11 is 0. The molecule has 0 aromatic heterocycles. The van der Waals surface area contributed by atoms with E-state index in [0.717, 1.165) is 32.1 Å². The Balaban J connectivity index is 1.50. The molecule has 1 aliphatic carbocycles. The zero-order valence-electron chi connectivity index (χ0n) is 18.0. The molecule has 2 fully saturated rings. The molecule has 1 aromatic carbocycles. The van der Waals surface area contributed by atoms with Crippen LogP contribution in [0.4, 0.5) is 4.79 Å². The van der Waals surface area contributed by atoms with Crippen LogP contribution in [0.15, 0.2) is 24.3 Å². The monoisotopic (exact) mass is 416 g/mol. The van der Waals surface area contributed by atoms with E-state index in [4.69, 9.17) is 4.74 Å². The zero-order valence-corrected chi connectivity index (χ0v) is 18.0. The lowest BCUT2D eigenvalue weighted by molar-refractivity contribution is -0.126. The van der Waals surface area contributed by atoms with E-state index in [0.29, 0.717) is 24.4 Å². The van der Waals surface area contributed by atoms with E-state index in [2.05, 4.69) is 5.32 Å². The van der Waals surface area contributed by atoms with Gasteiger partial charge in [0, 0.05) is 12.6 Å². The molecule has 1 aliphatic heterocycles. The zero-order chi connectivity index (χ0) is 21.9. The minimum atomic E-state index is -1.02. The summed E-state index contributed by atoms with van der Waals surface area (Å²) in [5.74, 6) is -0.0873. The number of ether oxygens (including phenoxy) is 1. The molecule has 7 heteroatoms. The van der Waals surface area contributed by atoms with Crippen LogP contribution in [0.1, 0.15) is 81.1 Å². The van der Waals surface area contributed by atoms with Crippen molar-refractivity contribution in [1.29, 1.82) is 0 Å². The first-order chi connectivity index (χ1) is 14.1. The average Bonchev–Trinajstić information content (AvgIpc) is 3.18. The van der Waals surface area contributed by atoms with Crippen molar-refractivity contribution < 1.29 is 24.2 Å². The maximum Gasteiger partial charge on any atom is 0.407 e. The fourth-order valence-corrected chi connectivity index (χ4v) is 4.37. The highest BCUT2D eigenvalue weighted by Gasteiger charge is 2.35. The summed E-state index contributed by atoms with van der Waals surface area (Å²) in [6, 6.07) is 7.15. The van der Waals surface area contributed by atoms with Crippen LogP contribution >= 0.6 is 0 Å². The Hall–Kier alpha value is -2.57. The summed E-state index contributed by atoms with van der Waals surface area (Å²) in [7, 11) is 0. The Bertz CT molecular complexity index is 776. The van der Waals surface area contributed by atoms with Gasteiger partial charge in [-0.3, -0.25) is 9.69 Å². The topological polar surface area (TPSA) is 95.9 Å². The summed E-state index contributed by atoms with van der Waals surface area (Å²) in [5, 5.41) is 12.3. The number of benzene rings is 1. The van der Waals surface area contributed by atoms with Gasteiger partial charge in [0.25, 0.3) is 0 Å². The SMILES string of the molecule is CC(C)(C)OC(=O)c1ccc(C2CCC(NC(=O)C3CCCN3C(=O)O)CC2)cc1. The summed E-state index contributed by atoms with van der Waals surface area (Å²) < 4.78 is 5.41. The lowest BCUT2D eigenvalue weighted by Crippen LogP contribution is -2.49. The highest BCUT2D eigenvalue weighted by Crippen LogP contribution is 2.33. The summed E-state index contributed by atoms with van der Waals surface area (Å²) in [6.07, 6.45) is 3.93. The van der Waals surface area contributed by atoms with Gasteiger partial charge in [-0.2, -0.15) is 0 Å². The van der Waals surface area contributed by atoms with Crippen molar-refractivity contribution >= 4 is 18.0 Å². The molecule has 1 aromatic rings. The second-order valence-electron chi connectivity index (χ2n) is 9.32. The molecule has 7 nitrogen and oxygen atoms in total. The van der Waals surface area contributed by atoms with Crippen LogP contribution in [0.3, 0.4) is 0 Å². The average molecular weight is 417 g/mol. The van der Waals surface area contributed by atoms with Crippen LogP contribution in [0.2, 0.25) is 0 Å². The molecule has 2 aliphatic rings. The molecule has 2 amide bonds. The number of esters is 1. The number of nitrogens with one attached hydrogen (secondary N) is 1. The van der Waals surface area contributed by atoms with Crippen LogP contribution in [0, 0.1) is 0 Å². The summed E-state index contributed by atoms with van der Waals surface area (Å²) in [6.45, 7) is 5.98. The van der Waals surface area contributed by atoms with Gasteiger partial charge in [0.1, 0.15) is 11.6 Å². The van der Waals surface area contributed by atoms with Crippen molar-refractivity contribution in [2.24, 2.45) is 0 Å². The van der Waals surface area contributed by atoms with E-state index in [9.17, 15) is 19.5 Å². The second-order valence-corrected chi connectivity index (χ2v) is 9.32. The van der Waals surface area contributed by atoms with Gasteiger partial charge in [-0.05, 0) is 82.9 Å². The molecular weight excluding hydrogens is 384 g/mol. The first-order valence-corrected chi connectivity index (χ1v) is 10.8. The van der Waals surface area contributed by atoms with Crippen molar-refractivity contribution in [1.82, 2.24) is 10.2 Å². The smallest absolute Gasteiger partial charge is 0.407 e. The normalized spacial score (nSPS) is 24.4. The second kappa shape index (κ2) is 9.06. The van der Waals surface area contributed by atoms with Crippen molar-refractivity contribution in [2.45, 2.75) is 82.9 Å². The molecule has 0 bridgehead atoms. The van der Waals surface area contributed by atoms with Crippen LogP contribution in [0.5, 0.6) is 0 Å². The van der Waals surface area contributed by atoms with Gasteiger partial charge < -0.3 is 15.2 Å². The predicted octanol–water partition coefficient (Wildman–Crippen LogP) is 3.93. The largest absolute Gasteiger partial charge is 0.465 e. The molecule has 0 spiro atoms. The Kier molecular flexibility index (Phi) is 6.68. The first-order valence-electron chi connectivity index (χ1n) is 10.8. The number of amides is 2. The van der Waals surface area contributed by atoms with Gasteiger partial charge in [-0.15, -0.1) is 0 Å². The van der Waals surface area contributed by atoms with E-state index >= 15 is 0 Å². The molecule has 164 valence electrons. The van der Waals surface area contributed by atoms with Crippen LogP contribution in [0.25, 0.3) is 0 Å². The maximum atomic E-state index is 12.5. The molecule has 1 atom stereocenters. The number of carbonyl (C=O) groups excluding carboxylic acids is 2. The lowest BCUT2D eigenvalue weighted by atomic mass is 9.81. The Morgan fingerprint density at radius 3 is 2.23 bits per heavy atom. The van der Waals surface area contributed by atoms with Crippen LogP contribution in [-0.2, 0) is 9.53 Å². The maximum absolute atomic E-state index is 12.5. The molecule has 0 radical (unpaired) electrons. The number of hydrogen-bond donors (Lipinski definition) is 2. The number of likely N-dealkylation sites (tertiary alicyclic amines) is 1. The third kappa shape index (κ3) is 5.52. The minimum absolute atomic E-state index is 0.0889. The molecular formula is C23H32N2O5. The standard InChI is InChI=1S/C23H32N2O5/c1-23(2,3)30-21(27)17-8-6-15(7-9-17)16-10-12-18(13-11-16)24-20(26)19-5-4-14-25(19)22(28)29/h6-9,16,18-19H,4-5,10-14H2,1-3H3,(H,24,26)(H,28,29). The lowest BCUT2D eigenvalue weighted by Gasteiger charge is -2.31. The molecule has 1 saturated heterocycles. The van der Waals surface area contributed by atoms with E-state index in [1.54, 1.807) is 0 Å². The molecule has 1 saturated carbocycles. The van der Waals surface area contributed by atoms with Crippen molar-refractivity contribution in [3.63, 3.8) is 0 Å². The van der Waals surface area contributed by atoms with E-state index in [1.807, 2.05) is 45.0 Å². The summed E-state index contributed by atoms with van der Waals surface area (Å²) in [4.78, 5) is 37.2. The van der Waals surface area contributed by atoms with Crippen molar-refractivity contribution in [3.8, 4) is 0 Å². The third-order valence-electron chi connectivity index (χ3n) is 5.89. The highest BCUT2D eigenvalue weighted by molar-refractivity contribution is 5.89. The van der Waals surface area contributed by atoms with Gasteiger partial charge in [-0.1, -0.05) is 12.1 Å². The molecule has 3 rings (SSSR count).